The highest BCUT2D eigenvalue weighted by Gasteiger charge is 2.11. The van der Waals surface area contributed by atoms with Crippen molar-refractivity contribution >= 4 is 15.9 Å². The van der Waals surface area contributed by atoms with Crippen molar-refractivity contribution in [1.82, 2.24) is 0 Å². The zero-order valence-electron chi connectivity index (χ0n) is 10.2. The summed E-state index contributed by atoms with van der Waals surface area (Å²) in [5.41, 5.74) is 6.33. The van der Waals surface area contributed by atoms with E-state index in [-0.39, 0.29) is 17.7 Å². The maximum atomic E-state index is 13.2. The van der Waals surface area contributed by atoms with Crippen LogP contribution in [0, 0.1) is 11.6 Å². The smallest absolute Gasteiger partial charge is 0.137 e. The van der Waals surface area contributed by atoms with Crippen molar-refractivity contribution in [2.75, 3.05) is 0 Å². The summed E-state index contributed by atoms with van der Waals surface area (Å²) in [6.07, 6.45) is 0. The quantitative estimate of drug-likeness (QED) is 0.898. The van der Waals surface area contributed by atoms with E-state index in [0.717, 1.165) is 0 Å². The number of hydrogen-bond acceptors (Lipinski definition) is 2. The first kappa shape index (κ1) is 14.0. The van der Waals surface area contributed by atoms with Gasteiger partial charge in [0, 0.05) is 11.6 Å². The highest BCUT2D eigenvalue weighted by atomic mass is 79.9. The number of benzene rings is 2. The van der Waals surface area contributed by atoms with E-state index in [1.807, 2.05) is 0 Å². The third kappa shape index (κ3) is 3.30. The van der Waals surface area contributed by atoms with E-state index in [0.29, 0.717) is 21.5 Å². The van der Waals surface area contributed by atoms with Crippen molar-refractivity contribution in [1.29, 1.82) is 0 Å². The lowest BCUT2D eigenvalue weighted by Crippen LogP contribution is -2.07. The van der Waals surface area contributed by atoms with Gasteiger partial charge in [0.1, 0.15) is 23.1 Å². The Balaban J connectivity index is 2.35. The van der Waals surface area contributed by atoms with Gasteiger partial charge in [-0.3, -0.25) is 0 Å². The summed E-state index contributed by atoms with van der Waals surface area (Å²) >= 11 is 3.08. The van der Waals surface area contributed by atoms with Crippen LogP contribution in [0.25, 0.3) is 0 Å². The lowest BCUT2D eigenvalue weighted by atomic mass is 10.1. The predicted octanol–water partition coefficient (Wildman–Crippen LogP) is 4.54. The fraction of sp³-hybridized carbons (Fsp3) is 0.143. The largest absolute Gasteiger partial charge is 0.457 e. The third-order valence-electron chi connectivity index (χ3n) is 2.58. The van der Waals surface area contributed by atoms with E-state index >= 15 is 0 Å². The van der Waals surface area contributed by atoms with Gasteiger partial charge in [-0.2, -0.15) is 0 Å². The SMILES string of the molecule is CC(N)c1cc(F)ccc1Oc1ccc(F)c(Br)c1. The Bertz CT molecular complexity index is 602. The summed E-state index contributed by atoms with van der Waals surface area (Å²) in [4.78, 5) is 0. The van der Waals surface area contributed by atoms with Gasteiger partial charge in [-0.1, -0.05) is 0 Å². The second kappa shape index (κ2) is 5.67. The van der Waals surface area contributed by atoms with Crippen LogP contribution >= 0.6 is 15.9 Å². The van der Waals surface area contributed by atoms with Gasteiger partial charge >= 0.3 is 0 Å². The summed E-state index contributed by atoms with van der Waals surface area (Å²) < 4.78 is 32.2. The van der Waals surface area contributed by atoms with Crippen molar-refractivity contribution in [2.24, 2.45) is 5.73 Å². The minimum Gasteiger partial charge on any atom is -0.457 e. The first-order valence-corrected chi connectivity index (χ1v) is 6.44. The van der Waals surface area contributed by atoms with Crippen LogP contribution in [0.2, 0.25) is 0 Å². The van der Waals surface area contributed by atoms with E-state index in [4.69, 9.17) is 10.5 Å². The molecule has 2 aromatic rings. The fourth-order valence-electron chi connectivity index (χ4n) is 1.64. The molecule has 0 aliphatic carbocycles. The van der Waals surface area contributed by atoms with Gasteiger partial charge in [-0.25, -0.2) is 8.78 Å². The van der Waals surface area contributed by atoms with E-state index in [1.54, 1.807) is 6.92 Å². The van der Waals surface area contributed by atoms with Crippen molar-refractivity contribution in [3.05, 3.63) is 58.1 Å². The molecule has 5 heteroatoms. The zero-order chi connectivity index (χ0) is 14.0. The molecule has 0 bridgehead atoms. The molecule has 0 heterocycles. The van der Waals surface area contributed by atoms with Crippen molar-refractivity contribution in [3.8, 4) is 11.5 Å². The molecule has 0 fully saturated rings. The van der Waals surface area contributed by atoms with Crippen molar-refractivity contribution in [3.63, 3.8) is 0 Å². The Morgan fingerprint density at radius 1 is 1.16 bits per heavy atom. The number of ether oxygens (including phenoxy) is 1. The van der Waals surface area contributed by atoms with Crippen LogP contribution in [0.4, 0.5) is 8.78 Å². The van der Waals surface area contributed by atoms with Gasteiger partial charge in [0.2, 0.25) is 0 Å². The number of hydrogen-bond donors (Lipinski definition) is 1. The van der Waals surface area contributed by atoms with Crippen LogP contribution in [-0.2, 0) is 0 Å². The number of halogens is 3. The molecule has 2 aromatic carbocycles. The lowest BCUT2D eigenvalue weighted by Gasteiger charge is -2.14. The fourth-order valence-corrected chi connectivity index (χ4v) is 1.99. The van der Waals surface area contributed by atoms with E-state index < -0.39 is 0 Å². The Morgan fingerprint density at radius 2 is 1.89 bits per heavy atom. The Hall–Kier alpha value is -1.46. The Kier molecular flexibility index (Phi) is 4.17. The van der Waals surface area contributed by atoms with E-state index in [2.05, 4.69) is 15.9 Å². The number of rotatable bonds is 3. The van der Waals surface area contributed by atoms with Crippen LogP contribution in [0.5, 0.6) is 11.5 Å². The average molecular weight is 328 g/mol. The maximum Gasteiger partial charge on any atom is 0.137 e. The van der Waals surface area contributed by atoms with Gasteiger partial charge in [0.25, 0.3) is 0 Å². The summed E-state index contributed by atoms with van der Waals surface area (Å²) in [5, 5.41) is 0. The molecule has 1 unspecified atom stereocenters. The molecule has 0 radical (unpaired) electrons. The molecule has 0 saturated carbocycles. The van der Waals surface area contributed by atoms with Gasteiger partial charge < -0.3 is 10.5 Å². The molecule has 0 spiro atoms. The first-order chi connectivity index (χ1) is 8.97. The Labute approximate surface area is 118 Å². The van der Waals surface area contributed by atoms with Gasteiger partial charge in [0.05, 0.1) is 4.47 Å². The maximum absolute atomic E-state index is 13.2. The summed E-state index contributed by atoms with van der Waals surface area (Å²) in [6, 6.07) is 8.05. The van der Waals surface area contributed by atoms with Crippen LogP contribution in [0.15, 0.2) is 40.9 Å². The van der Waals surface area contributed by atoms with Gasteiger partial charge in [0.15, 0.2) is 0 Å². The molecular weight excluding hydrogens is 316 g/mol. The molecule has 0 amide bonds. The van der Waals surface area contributed by atoms with Crippen LogP contribution in [0.3, 0.4) is 0 Å². The molecule has 19 heavy (non-hydrogen) atoms. The summed E-state index contributed by atoms with van der Waals surface area (Å²) in [5.74, 6) is 0.149. The topological polar surface area (TPSA) is 35.2 Å². The van der Waals surface area contributed by atoms with Crippen LogP contribution < -0.4 is 10.5 Å². The molecule has 2 N–H and O–H groups in total. The first-order valence-electron chi connectivity index (χ1n) is 5.65. The predicted molar refractivity (Wildman–Crippen MR) is 73.2 cm³/mol. The molecular formula is C14H12BrF2NO. The van der Waals surface area contributed by atoms with Gasteiger partial charge in [-0.05, 0) is 59.3 Å². The van der Waals surface area contributed by atoms with E-state index in [9.17, 15) is 8.78 Å². The molecule has 2 nitrogen and oxygen atoms in total. The van der Waals surface area contributed by atoms with Crippen molar-refractivity contribution < 1.29 is 13.5 Å². The van der Waals surface area contributed by atoms with Gasteiger partial charge in [-0.15, -0.1) is 0 Å². The normalized spacial score (nSPS) is 12.3. The van der Waals surface area contributed by atoms with E-state index in [1.165, 1.54) is 36.4 Å². The minimum atomic E-state index is -0.376. The molecule has 1 atom stereocenters. The molecule has 100 valence electrons. The molecule has 2 rings (SSSR count). The molecule has 0 saturated heterocycles. The molecule has 0 aliphatic rings. The molecule has 0 aromatic heterocycles. The highest BCUT2D eigenvalue weighted by Crippen LogP contribution is 2.31. The lowest BCUT2D eigenvalue weighted by molar-refractivity contribution is 0.467. The summed E-state index contributed by atoms with van der Waals surface area (Å²) in [6.45, 7) is 1.74. The monoisotopic (exact) mass is 327 g/mol. The third-order valence-corrected chi connectivity index (χ3v) is 3.19. The van der Waals surface area contributed by atoms with Crippen LogP contribution in [-0.4, -0.2) is 0 Å². The zero-order valence-corrected chi connectivity index (χ0v) is 11.7. The second-order valence-electron chi connectivity index (χ2n) is 4.15. The standard InChI is InChI=1S/C14H12BrF2NO/c1-8(18)11-6-9(16)2-5-14(11)19-10-3-4-13(17)12(15)7-10/h2-8H,18H2,1H3. The van der Waals surface area contributed by atoms with Crippen LogP contribution in [0.1, 0.15) is 18.5 Å². The summed E-state index contributed by atoms with van der Waals surface area (Å²) in [7, 11) is 0. The average Bonchev–Trinajstić information content (AvgIpc) is 2.36. The molecule has 0 aliphatic heterocycles. The second-order valence-corrected chi connectivity index (χ2v) is 5.00. The highest BCUT2D eigenvalue weighted by molar-refractivity contribution is 9.10. The minimum absolute atomic E-state index is 0.300. The Morgan fingerprint density at radius 3 is 2.53 bits per heavy atom. The van der Waals surface area contributed by atoms with Crippen molar-refractivity contribution in [2.45, 2.75) is 13.0 Å². The number of nitrogens with two attached hydrogens (primary N) is 1.